The van der Waals surface area contributed by atoms with E-state index in [1.165, 1.54) is 0 Å². The number of benzene rings is 2. The monoisotopic (exact) mass is 354 g/mol. The fourth-order valence-corrected chi connectivity index (χ4v) is 3.27. The van der Waals surface area contributed by atoms with Gasteiger partial charge in [0.2, 0.25) is 5.91 Å². The van der Waals surface area contributed by atoms with Gasteiger partial charge >= 0.3 is 5.97 Å². The van der Waals surface area contributed by atoms with Crippen LogP contribution in [0.2, 0.25) is 0 Å². The average molecular weight is 354 g/mol. The molecular weight excluding hydrogens is 332 g/mol. The van der Waals surface area contributed by atoms with Gasteiger partial charge in [-0.2, -0.15) is 0 Å². The Kier molecular flexibility index (Phi) is 5.35. The third-order valence-corrected chi connectivity index (χ3v) is 4.66. The van der Waals surface area contributed by atoms with Gasteiger partial charge in [0, 0.05) is 18.7 Å². The van der Waals surface area contributed by atoms with Gasteiger partial charge in [0.15, 0.2) is 0 Å². The molecule has 136 valence electrons. The summed E-state index contributed by atoms with van der Waals surface area (Å²) in [6.07, 6.45) is 0. The number of primary amides is 1. The van der Waals surface area contributed by atoms with Crippen LogP contribution < -0.4 is 5.73 Å². The molecule has 0 bridgehead atoms. The lowest BCUT2D eigenvalue weighted by molar-refractivity contribution is -0.150. The highest BCUT2D eigenvalue weighted by Crippen LogP contribution is 2.26. The number of ether oxygens (including phenoxy) is 1. The Balaban J connectivity index is 1.84. The van der Waals surface area contributed by atoms with Crippen LogP contribution in [-0.4, -0.2) is 47.7 Å². The summed E-state index contributed by atoms with van der Waals surface area (Å²) >= 11 is 0. The third kappa shape index (κ3) is 3.92. The van der Waals surface area contributed by atoms with Crippen LogP contribution in [0.4, 0.5) is 0 Å². The van der Waals surface area contributed by atoms with Gasteiger partial charge in [0.05, 0.1) is 13.2 Å². The second kappa shape index (κ2) is 7.68. The van der Waals surface area contributed by atoms with Crippen molar-refractivity contribution >= 4 is 11.9 Å². The number of aryl methyl sites for hydroxylation is 1. The number of aliphatic carboxylic acids is 1. The van der Waals surface area contributed by atoms with Crippen LogP contribution in [0.25, 0.3) is 11.1 Å². The van der Waals surface area contributed by atoms with Gasteiger partial charge in [-0.15, -0.1) is 0 Å². The van der Waals surface area contributed by atoms with Crippen LogP contribution >= 0.6 is 0 Å². The van der Waals surface area contributed by atoms with Crippen LogP contribution in [-0.2, 0) is 16.1 Å². The lowest BCUT2D eigenvalue weighted by atomic mass is 9.96. The molecule has 1 aliphatic rings. The number of carboxylic acid groups (broad SMARTS) is 1. The summed E-state index contributed by atoms with van der Waals surface area (Å²) in [5.41, 5.74) is 9.87. The molecule has 0 aromatic heterocycles. The first-order valence-corrected chi connectivity index (χ1v) is 8.50. The van der Waals surface area contributed by atoms with Crippen molar-refractivity contribution in [3.63, 3.8) is 0 Å². The number of hydrogen-bond donors (Lipinski definition) is 2. The Hall–Kier alpha value is -2.70. The maximum absolute atomic E-state index is 11.4. The van der Waals surface area contributed by atoms with E-state index in [1.54, 1.807) is 12.1 Å². The summed E-state index contributed by atoms with van der Waals surface area (Å²) in [5.74, 6) is -1.31. The number of carbonyl (C=O) groups excluding carboxylic acids is 1. The second-order valence-corrected chi connectivity index (χ2v) is 6.49. The van der Waals surface area contributed by atoms with Crippen molar-refractivity contribution < 1.29 is 19.4 Å². The van der Waals surface area contributed by atoms with E-state index in [0.717, 1.165) is 22.3 Å². The Labute approximate surface area is 152 Å². The molecule has 6 heteroatoms. The first kappa shape index (κ1) is 18.1. The van der Waals surface area contributed by atoms with Crippen molar-refractivity contribution in [2.75, 3.05) is 19.8 Å². The van der Waals surface area contributed by atoms with Gasteiger partial charge in [-0.1, -0.05) is 24.3 Å². The SMILES string of the molecule is Cc1cc(C(N)=O)ccc1-c1cccc(CN2CCOC[C@@H]2C(=O)O)c1. The van der Waals surface area contributed by atoms with E-state index < -0.39 is 17.9 Å². The molecule has 0 radical (unpaired) electrons. The number of carboxylic acids is 1. The predicted octanol–water partition coefficient (Wildman–Crippen LogP) is 2.05. The highest BCUT2D eigenvalue weighted by molar-refractivity contribution is 5.93. The number of amides is 1. The van der Waals surface area contributed by atoms with E-state index in [-0.39, 0.29) is 6.61 Å². The quantitative estimate of drug-likeness (QED) is 0.857. The molecule has 26 heavy (non-hydrogen) atoms. The molecule has 2 aromatic carbocycles. The normalized spacial score (nSPS) is 17.8. The van der Waals surface area contributed by atoms with Gasteiger partial charge in [0.25, 0.3) is 0 Å². The first-order valence-electron chi connectivity index (χ1n) is 8.50. The molecule has 1 aliphatic heterocycles. The van der Waals surface area contributed by atoms with Crippen LogP contribution in [0, 0.1) is 6.92 Å². The van der Waals surface area contributed by atoms with Crippen LogP contribution in [0.1, 0.15) is 21.5 Å². The molecular formula is C20H22N2O4. The molecule has 6 nitrogen and oxygen atoms in total. The zero-order valence-corrected chi connectivity index (χ0v) is 14.6. The van der Waals surface area contributed by atoms with Gasteiger partial charge in [-0.05, 0) is 47.4 Å². The van der Waals surface area contributed by atoms with Crippen LogP contribution in [0.3, 0.4) is 0 Å². The topological polar surface area (TPSA) is 92.9 Å². The van der Waals surface area contributed by atoms with E-state index in [1.807, 2.05) is 36.1 Å². The highest BCUT2D eigenvalue weighted by atomic mass is 16.5. The van der Waals surface area contributed by atoms with Crippen molar-refractivity contribution in [2.45, 2.75) is 19.5 Å². The number of rotatable bonds is 5. The maximum atomic E-state index is 11.4. The van der Waals surface area contributed by atoms with Gasteiger partial charge in [-0.3, -0.25) is 14.5 Å². The molecule has 3 rings (SSSR count). The van der Waals surface area contributed by atoms with Gasteiger partial charge < -0.3 is 15.6 Å². The molecule has 2 aromatic rings. The Bertz CT molecular complexity index is 834. The predicted molar refractivity (Wildman–Crippen MR) is 97.8 cm³/mol. The van der Waals surface area contributed by atoms with E-state index in [2.05, 4.69) is 6.07 Å². The van der Waals surface area contributed by atoms with E-state index in [9.17, 15) is 14.7 Å². The summed E-state index contributed by atoms with van der Waals surface area (Å²) in [6, 6.07) is 12.8. The molecule has 1 fully saturated rings. The minimum atomic E-state index is -0.862. The average Bonchev–Trinajstić information content (AvgIpc) is 2.62. The number of hydrogen-bond acceptors (Lipinski definition) is 4. The lowest BCUT2D eigenvalue weighted by Gasteiger charge is -2.32. The summed E-state index contributed by atoms with van der Waals surface area (Å²) < 4.78 is 5.29. The highest BCUT2D eigenvalue weighted by Gasteiger charge is 2.29. The van der Waals surface area contributed by atoms with Crippen LogP contribution in [0.5, 0.6) is 0 Å². The second-order valence-electron chi connectivity index (χ2n) is 6.49. The van der Waals surface area contributed by atoms with Crippen molar-refractivity contribution in [2.24, 2.45) is 5.73 Å². The third-order valence-electron chi connectivity index (χ3n) is 4.66. The zero-order valence-electron chi connectivity index (χ0n) is 14.6. The molecule has 1 amide bonds. The standard InChI is InChI=1S/C20H22N2O4/c1-13-9-16(19(21)23)5-6-17(13)15-4-2-3-14(10-15)11-22-7-8-26-12-18(22)20(24)25/h2-6,9-10,18H,7-8,11-12H2,1H3,(H2,21,23)(H,24,25)/t18-/m1/s1. The fourth-order valence-electron chi connectivity index (χ4n) is 3.27. The molecule has 0 spiro atoms. The van der Waals surface area contributed by atoms with Crippen LogP contribution in [0.15, 0.2) is 42.5 Å². The number of nitrogens with two attached hydrogens (primary N) is 1. The van der Waals surface area contributed by atoms with Crippen molar-refractivity contribution in [3.8, 4) is 11.1 Å². The lowest BCUT2D eigenvalue weighted by Crippen LogP contribution is -2.49. The zero-order chi connectivity index (χ0) is 18.7. The number of nitrogens with zero attached hydrogens (tertiary/aromatic N) is 1. The van der Waals surface area contributed by atoms with Gasteiger partial charge in [0.1, 0.15) is 6.04 Å². The molecule has 1 heterocycles. The van der Waals surface area contributed by atoms with Crippen molar-refractivity contribution in [3.05, 3.63) is 59.2 Å². The molecule has 0 aliphatic carbocycles. The van der Waals surface area contributed by atoms with E-state index in [4.69, 9.17) is 10.5 Å². The number of morpholine rings is 1. The minimum absolute atomic E-state index is 0.211. The van der Waals surface area contributed by atoms with E-state index >= 15 is 0 Å². The summed E-state index contributed by atoms with van der Waals surface area (Å²) in [7, 11) is 0. The molecule has 3 N–H and O–H groups in total. The van der Waals surface area contributed by atoms with Crippen molar-refractivity contribution in [1.82, 2.24) is 4.90 Å². The maximum Gasteiger partial charge on any atom is 0.323 e. The summed E-state index contributed by atoms with van der Waals surface area (Å²) in [6.45, 7) is 3.83. The van der Waals surface area contributed by atoms with Gasteiger partial charge in [-0.25, -0.2) is 0 Å². The molecule has 1 saturated heterocycles. The van der Waals surface area contributed by atoms with Crippen molar-refractivity contribution in [1.29, 1.82) is 0 Å². The summed E-state index contributed by atoms with van der Waals surface area (Å²) in [5, 5.41) is 9.37. The summed E-state index contributed by atoms with van der Waals surface area (Å²) in [4.78, 5) is 24.7. The Morgan fingerprint density at radius 2 is 2.08 bits per heavy atom. The van der Waals surface area contributed by atoms with E-state index in [0.29, 0.717) is 25.3 Å². The molecule has 0 unspecified atom stereocenters. The number of carbonyl (C=O) groups is 2. The fraction of sp³-hybridized carbons (Fsp3) is 0.300. The molecule has 0 saturated carbocycles. The Morgan fingerprint density at radius 1 is 1.27 bits per heavy atom. The Morgan fingerprint density at radius 3 is 2.77 bits per heavy atom. The smallest absolute Gasteiger partial charge is 0.323 e. The largest absolute Gasteiger partial charge is 0.480 e. The first-order chi connectivity index (χ1) is 12.5. The molecule has 1 atom stereocenters. The minimum Gasteiger partial charge on any atom is -0.480 e.